The number of alkyl halides is 3. The van der Waals surface area contributed by atoms with E-state index in [0.29, 0.717) is 17.5 Å². The number of nitrogens with zero attached hydrogens (tertiary/aromatic N) is 2. The van der Waals surface area contributed by atoms with Gasteiger partial charge in [0.05, 0.1) is 10.5 Å². The van der Waals surface area contributed by atoms with E-state index in [1.54, 1.807) is 19.9 Å². The van der Waals surface area contributed by atoms with Crippen LogP contribution in [0.2, 0.25) is 0 Å². The second-order valence-corrected chi connectivity index (χ2v) is 6.35. The van der Waals surface area contributed by atoms with Crippen LogP contribution in [0.3, 0.4) is 0 Å². The second kappa shape index (κ2) is 6.13. The van der Waals surface area contributed by atoms with Crippen LogP contribution in [0.5, 0.6) is 0 Å². The van der Waals surface area contributed by atoms with E-state index in [4.69, 9.17) is 0 Å². The quantitative estimate of drug-likeness (QED) is 0.831. The van der Waals surface area contributed by atoms with Crippen LogP contribution in [0.25, 0.3) is 0 Å². The number of rotatable bonds is 4. The van der Waals surface area contributed by atoms with Crippen LogP contribution in [0.1, 0.15) is 17.0 Å². The van der Waals surface area contributed by atoms with Crippen LogP contribution in [-0.2, 0) is 16.2 Å². The number of hydrogen-bond donors (Lipinski definition) is 2. The van der Waals surface area contributed by atoms with Gasteiger partial charge in [-0.05, 0) is 32.0 Å². The van der Waals surface area contributed by atoms with E-state index in [-0.39, 0.29) is 5.95 Å². The van der Waals surface area contributed by atoms with E-state index in [1.807, 2.05) is 4.83 Å². The predicted octanol–water partition coefficient (Wildman–Crippen LogP) is 2.42. The third-order valence-electron chi connectivity index (χ3n) is 2.76. The number of aryl methyl sites for hydroxylation is 2. The molecule has 2 N–H and O–H groups in total. The Kier molecular flexibility index (Phi) is 4.57. The molecule has 0 bridgehead atoms. The van der Waals surface area contributed by atoms with Crippen molar-refractivity contribution in [2.24, 2.45) is 0 Å². The largest absolute Gasteiger partial charge is 0.417 e. The SMILES string of the molecule is Cc1cc(C)nc(NNS(=O)(=O)c2ccccc2C(F)(F)F)n1. The van der Waals surface area contributed by atoms with Crippen molar-refractivity contribution in [3.8, 4) is 0 Å². The minimum Gasteiger partial charge on any atom is -0.276 e. The molecule has 2 rings (SSSR count). The van der Waals surface area contributed by atoms with Crippen molar-refractivity contribution in [3.05, 3.63) is 47.3 Å². The molecule has 124 valence electrons. The lowest BCUT2D eigenvalue weighted by Gasteiger charge is -2.14. The topological polar surface area (TPSA) is 84.0 Å². The lowest BCUT2D eigenvalue weighted by Crippen LogP contribution is -2.32. The van der Waals surface area contributed by atoms with Crippen LogP contribution in [0, 0.1) is 13.8 Å². The molecule has 1 aromatic heterocycles. The molecule has 0 unspecified atom stereocenters. The fourth-order valence-electron chi connectivity index (χ4n) is 1.88. The fraction of sp³-hybridized carbons (Fsp3) is 0.231. The van der Waals surface area contributed by atoms with Crippen molar-refractivity contribution in [2.75, 3.05) is 5.43 Å². The highest BCUT2D eigenvalue weighted by Crippen LogP contribution is 2.33. The summed E-state index contributed by atoms with van der Waals surface area (Å²) in [5.41, 5.74) is 2.12. The molecule has 0 spiro atoms. The van der Waals surface area contributed by atoms with Crippen LogP contribution in [-0.4, -0.2) is 18.4 Å². The van der Waals surface area contributed by atoms with Gasteiger partial charge in [-0.25, -0.2) is 18.4 Å². The first kappa shape index (κ1) is 17.2. The molecule has 23 heavy (non-hydrogen) atoms. The predicted molar refractivity (Wildman–Crippen MR) is 76.9 cm³/mol. The summed E-state index contributed by atoms with van der Waals surface area (Å²) in [6.45, 7) is 3.35. The summed E-state index contributed by atoms with van der Waals surface area (Å²) in [4.78, 5) is 8.83. The highest BCUT2D eigenvalue weighted by molar-refractivity contribution is 7.89. The van der Waals surface area contributed by atoms with Gasteiger partial charge in [-0.2, -0.15) is 13.2 Å². The van der Waals surface area contributed by atoms with Crippen molar-refractivity contribution in [3.63, 3.8) is 0 Å². The maximum atomic E-state index is 12.9. The van der Waals surface area contributed by atoms with E-state index in [2.05, 4.69) is 15.4 Å². The molecule has 10 heteroatoms. The van der Waals surface area contributed by atoms with Gasteiger partial charge in [-0.1, -0.05) is 12.1 Å². The van der Waals surface area contributed by atoms with Crippen LogP contribution in [0.15, 0.2) is 35.2 Å². The zero-order valence-corrected chi connectivity index (χ0v) is 13.0. The Labute approximate surface area is 130 Å². The highest BCUT2D eigenvalue weighted by Gasteiger charge is 2.36. The number of anilines is 1. The number of nitrogens with one attached hydrogen (secondary N) is 2. The van der Waals surface area contributed by atoms with Crippen LogP contribution < -0.4 is 10.3 Å². The van der Waals surface area contributed by atoms with Crippen molar-refractivity contribution in [1.82, 2.24) is 14.8 Å². The smallest absolute Gasteiger partial charge is 0.276 e. The molecule has 0 saturated heterocycles. The average molecular weight is 346 g/mol. The fourth-order valence-corrected chi connectivity index (χ4v) is 2.95. The molecular formula is C13H13F3N4O2S. The van der Waals surface area contributed by atoms with Gasteiger partial charge in [0, 0.05) is 11.4 Å². The molecule has 2 aromatic rings. The normalized spacial score (nSPS) is 12.2. The molecule has 0 atom stereocenters. The lowest BCUT2D eigenvalue weighted by molar-refractivity contribution is -0.139. The summed E-state index contributed by atoms with van der Waals surface area (Å²) in [6.07, 6.45) is -4.79. The first-order chi connectivity index (χ1) is 10.6. The number of halogens is 3. The van der Waals surface area contributed by atoms with Crippen LogP contribution in [0.4, 0.5) is 19.1 Å². The third-order valence-corrected chi connectivity index (χ3v) is 4.07. The summed E-state index contributed by atoms with van der Waals surface area (Å²) >= 11 is 0. The minimum atomic E-state index is -4.79. The van der Waals surface area contributed by atoms with Gasteiger partial charge in [-0.15, -0.1) is 4.83 Å². The molecule has 0 aliphatic rings. The Morgan fingerprint density at radius 2 is 1.61 bits per heavy atom. The summed E-state index contributed by atoms with van der Waals surface area (Å²) in [5, 5.41) is 0. The van der Waals surface area contributed by atoms with Gasteiger partial charge >= 0.3 is 6.18 Å². The minimum absolute atomic E-state index is 0.0597. The first-order valence-corrected chi connectivity index (χ1v) is 7.84. The maximum Gasteiger partial charge on any atom is 0.417 e. The van der Waals surface area contributed by atoms with Gasteiger partial charge in [0.1, 0.15) is 0 Å². The Bertz CT molecular complexity index is 802. The standard InChI is InChI=1S/C13H13F3N4O2S/c1-8-7-9(2)18-12(17-8)19-20-23(21,22)11-6-4-3-5-10(11)13(14,15)16/h3-7,20H,1-2H3,(H,17,18,19). The molecule has 0 aliphatic heterocycles. The Hall–Kier alpha value is -2.20. The third kappa shape index (κ3) is 4.17. The van der Waals surface area contributed by atoms with Crippen molar-refractivity contribution in [2.45, 2.75) is 24.9 Å². The Morgan fingerprint density at radius 3 is 2.17 bits per heavy atom. The van der Waals surface area contributed by atoms with Crippen molar-refractivity contribution in [1.29, 1.82) is 0 Å². The van der Waals surface area contributed by atoms with E-state index >= 15 is 0 Å². The zero-order chi connectivity index (χ0) is 17.3. The summed E-state index contributed by atoms with van der Waals surface area (Å²) in [5.74, 6) is -0.0597. The number of sulfonamides is 1. The number of aromatic nitrogens is 2. The van der Waals surface area contributed by atoms with E-state index in [0.717, 1.165) is 12.1 Å². The van der Waals surface area contributed by atoms with E-state index < -0.39 is 26.7 Å². The number of benzene rings is 1. The van der Waals surface area contributed by atoms with Gasteiger partial charge in [-0.3, -0.25) is 5.43 Å². The van der Waals surface area contributed by atoms with Crippen LogP contribution >= 0.6 is 0 Å². The second-order valence-electron chi connectivity index (χ2n) is 4.70. The van der Waals surface area contributed by atoms with Gasteiger partial charge in [0.15, 0.2) is 0 Å². The monoisotopic (exact) mass is 346 g/mol. The Balaban J connectivity index is 2.30. The van der Waals surface area contributed by atoms with Gasteiger partial charge in [0.2, 0.25) is 5.95 Å². The molecule has 0 aliphatic carbocycles. The molecule has 0 fully saturated rings. The van der Waals surface area contributed by atoms with Crippen molar-refractivity contribution < 1.29 is 21.6 Å². The summed E-state index contributed by atoms with van der Waals surface area (Å²) in [6, 6.07) is 5.55. The molecule has 6 nitrogen and oxygen atoms in total. The number of hydrogen-bond acceptors (Lipinski definition) is 5. The molecule has 1 aromatic carbocycles. The van der Waals surface area contributed by atoms with E-state index in [1.165, 1.54) is 6.07 Å². The highest BCUT2D eigenvalue weighted by atomic mass is 32.2. The molecule has 0 amide bonds. The summed E-state index contributed by atoms with van der Waals surface area (Å²) in [7, 11) is -4.46. The molecule has 1 heterocycles. The van der Waals surface area contributed by atoms with E-state index in [9.17, 15) is 21.6 Å². The van der Waals surface area contributed by atoms with Gasteiger partial charge < -0.3 is 0 Å². The first-order valence-electron chi connectivity index (χ1n) is 6.36. The Morgan fingerprint density at radius 1 is 1.04 bits per heavy atom. The summed E-state index contributed by atoms with van der Waals surface area (Å²) < 4.78 is 63.0. The maximum absolute atomic E-state index is 12.9. The zero-order valence-electron chi connectivity index (χ0n) is 12.1. The lowest BCUT2D eigenvalue weighted by atomic mass is 10.2. The number of hydrazine groups is 1. The van der Waals surface area contributed by atoms with Crippen molar-refractivity contribution >= 4 is 16.0 Å². The molecule has 0 saturated carbocycles. The molecule has 0 radical (unpaired) electrons. The molecular weight excluding hydrogens is 333 g/mol. The van der Waals surface area contributed by atoms with Gasteiger partial charge in [0.25, 0.3) is 10.0 Å². The average Bonchev–Trinajstić information content (AvgIpc) is 2.43.